The van der Waals surface area contributed by atoms with Crippen LogP contribution in [0.25, 0.3) is 0 Å². The number of hydrogen-bond acceptors (Lipinski definition) is 3. The van der Waals surface area contributed by atoms with Crippen molar-refractivity contribution in [2.75, 3.05) is 19.8 Å². The van der Waals surface area contributed by atoms with E-state index < -0.39 is 10.0 Å². The van der Waals surface area contributed by atoms with Gasteiger partial charge in [-0.1, -0.05) is 54.6 Å². The molecule has 1 fully saturated rings. The zero-order chi connectivity index (χ0) is 17.8. The van der Waals surface area contributed by atoms with Crippen molar-refractivity contribution >= 4 is 10.0 Å². The summed E-state index contributed by atoms with van der Waals surface area (Å²) in [4.78, 5) is 0. The van der Waals surface area contributed by atoms with E-state index in [2.05, 4.69) is 16.9 Å². The number of rotatable bonds is 6. The van der Waals surface area contributed by atoms with Gasteiger partial charge in [-0.25, -0.2) is 13.1 Å². The van der Waals surface area contributed by atoms with Crippen molar-refractivity contribution in [3.63, 3.8) is 0 Å². The molecule has 0 aliphatic carbocycles. The van der Waals surface area contributed by atoms with Gasteiger partial charge in [0, 0.05) is 25.2 Å². The summed E-state index contributed by atoms with van der Waals surface area (Å²) < 4.78 is 33.6. The second-order valence-corrected chi connectivity index (χ2v) is 8.57. The Morgan fingerprint density at radius 2 is 1.64 bits per heavy atom. The van der Waals surface area contributed by atoms with Crippen LogP contribution in [0.15, 0.2) is 54.6 Å². The van der Waals surface area contributed by atoms with E-state index in [9.17, 15) is 8.42 Å². The van der Waals surface area contributed by atoms with Gasteiger partial charge in [0.2, 0.25) is 10.0 Å². The maximum absolute atomic E-state index is 12.6. The molecule has 0 saturated carbocycles. The molecule has 0 spiro atoms. The summed E-state index contributed by atoms with van der Waals surface area (Å²) in [6.45, 7) is 3.67. The van der Waals surface area contributed by atoms with E-state index in [1.165, 1.54) is 5.56 Å². The standard InChI is InChI=1S/C20H25NO3S/c1-17-7-5-6-8-18(17)15-25(22,23)21-16-20(11-13-24-14-12-20)19-9-3-2-4-10-19/h2-10,21H,11-16H2,1H3. The summed E-state index contributed by atoms with van der Waals surface area (Å²) >= 11 is 0. The predicted molar refractivity (Wildman–Crippen MR) is 100.0 cm³/mol. The highest BCUT2D eigenvalue weighted by Crippen LogP contribution is 2.34. The van der Waals surface area contributed by atoms with Crippen molar-refractivity contribution in [3.8, 4) is 0 Å². The average Bonchev–Trinajstić information content (AvgIpc) is 2.64. The van der Waals surface area contributed by atoms with Crippen LogP contribution < -0.4 is 4.72 Å². The molecule has 4 nitrogen and oxygen atoms in total. The summed E-state index contributed by atoms with van der Waals surface area (Å²) in [6.07, 6.45) is 1.65. The van der Waals surface area contributed by atoms with Gasteiger partial charge < -0.3 is 4.74 Å². The van der Waals surface area contributed by atoms with Crippen LogP contribution in [0.4, 0.5) is 0 Å². The molecule has 1 saturated heterocycles. The van der Waals surface area contributed by atoms with Crippen LogP contribution in [-0.4, -0.2) is 28.2 Å². The number of nitrogens with one attached hydrogen (secondary N) is 1. The maximum atomic E-state index is 12.6. The van der Waals surface area contributed by atoms with Crippen LogP contribution in [-0.2, 0) is 25.9 Å². The third-order valence-electron chi connectivity index (χ3n) is 5.07. The minimum Gasteiger partial charge on any atom is -0.381 e. The molecule has 1 N–H and O–H groups in total. The Bertz CT molecular complexity index is 797. The Morgan fingerprint density at radius 1 is 1.00 bits per heavy atom. The molecule has 3 rings (SSSR count). The monoisotopic (exact) mass is 359 g/mol. The molecule has 0 radical (unpaired) electrons. The first kappa shape index (κ1) is 18.1. The zero-order valence-electron chi connectivity index (χ0n) is 14.6. The fourth-order valence-corrected chi connectivity index (χ4v) is 4.73. The fourth-order valence-electron chi connectivity index (χ4n) is 3.40. The highest BCUT2D eigenvalue weighted by Gasteiger charge is 2.35. The van der Waals surface area contributed by atoms with E-state index in [0.29, 0.717) is 19.8 Å². The number of sulfonamides is 1. The third-order valence-corrected chi connectivity index (χ3v) is 6.35. The second-order valence-electron chi connectivity index (χ2n) is 6.77. The topological polar surface area (TPSA) is 55.4 Å². The lowest BCUT2D eigenvalue weighted by Gasteiger charge is -2.38. The van der Waals surface area contributed by atoms with Gasteiger partial charge in [-0.2, -0.15) is 0 Å². The molecule has 0 amide bonds. The van der Waals surface area contributed by atoms with E-state index in [4.69, 9.17) is 4.74 Å². The number of benzene rings is 2. The van der Waals surface area contributed by atoms with E-state index in [0.717, 1.165) is 24.0 Å². The van der Waals surface area contributed by atoms with Crippen molar-refractivity contribution in [2.24, 2.45) is 0 Å². The maximum Gasteiger partial charge on any atom is 0.215 e. The molecule has 25 heavy (non-hydrogen) atoms. The van der Waals surface area contributed by atoms with Gasteiger partial charge in [-0.15, -0.1) is 0 Å². The van der Waals surface area contributed by atoms with Crippen LogP contribution >= 0.6 is 0 Å². The lowest BCUT2D eigenvalue weighted by Crippen LogP contribution is -2.44. The number of hydrogen-bond donors (Lipinski definition) is 1. The predicted octanol–water partition coefficient (Wildman–Crippen LogP) is 3.16. The van der Waals surface area contributed by atoms with Crippen molar-refractivity contribution < 1.29 is 13.2 Å². The van der Waals surface area contributed by atoms with Crippen molar-refractivity contribution in [2.45, 2.75) is 30.9 Å². The highest BCUT2D eigenvalue weighted by atomic mass is 32.2. The molecule has 5 heteroatoms. The summed E-state index contributed by atoms with van der Waals surface area (Å²) in [7, 11) is -3.39. The summed E-state index contributed by atoms with van der Waals surface area (Å²) in [5.74, 6) is 0.0149. The first-order valence-corrected chi connectivity index (χ1v) is 10.3. The molecule has 1 aliphatic rings. The molecule has 1 aliphatic heterocycles. The van der Waals surface area contributed by atoms with Gasteiger partial charge in [0.25, 0.3) is 0 Å². The largest absolute Gasteiger partial charge is 0.381 e. The first-order chi connectivity index (χ1) is 12.0. The Kier molecular flexibility index (Phi) is 5.57. The van der Waals surface area contributed by atoms with Gasteiger partial charge in [0.05, 0.1) is 5.75 Å². The minimum absolute atomic E-state index is 0.0149. The second kappa shape index (κ2) is 7.68. The Hall–Kier alpha value is -1.69. The smallest absolute Gasteiger partial charge is 0.215 e. The molecule has 0 unspecified atom stereocenters. The van der Waals surface area contributed by atoms with Gasteiger partial charge in [0.1, 0.15) is 0 Å². The first-order valence-electron chi connectivity index (χ1n) is 8.66. The lowest BCUT2D eigenvalue weighted by molar-refractivity contribution is 0.0517. The molecule has 134 valence electrons. The lowest BCUT2D eigenvalue weighted by atomic mass is 9.74. The highest BCUT2D eigenvalue weighted by molar-refractivity contribution is 7.88. The van der Waals surface area contributed by atoms with Crippen LogP contribution in [0, 0.1) is 6.92 Å². The quantitative estimate of drug-likeness (QED) is 0.862. The molecular weight excluding hydrogens is 334 g/mol. The third kappa shape index (κ3) is 4.48. The van der Waals surface area contributed by atoms with Gasteiger partial charge in [0.15, 0.2) is 0 Å². The van der Waals surface area contributed by atoms with Crippen LogP contribution in [0.2, 0.25) is 0 Å². The Morgan fingerprint density at radius 3 is 2.32 bits per heavy atom. The Balaban J connectivity index is 1.76. The van der Waals surface area contributed by atoms with Crippen molar-refractivity contribution in [1.82, 2.24) is 4.72 Å². The van der Waals surface area contributed by atoms with E-state index in [1.807, 2.05) is 49.4 Å². The van der Waals surface area contributed by atoms with E-state index in [-0.39, 0.29) is 11.2 Å². The van der Waals surface area contributed by atoms with Crippen LogP contribution in [0.1, 0.15) is 29.5 Å². The van der Waals surface area contributed by atoms with E-state index in [1.54, 1.807) is 0 Å². The molecule has 0 aromatic heterocycles. The number of aryl methyl sites for hydroxylation is 1. The molecular formula is C20H25NO3S. The van der Waals surface area contributed by atoms with Crippen molar-refractivity contribution in [3.05, 3.63) is 71.3 Å². The van der Waals surface area contributed by atoms with Crippen LogP contribution in [0.3, 0.4) is 0 Å². The van der Waals surface area contributed by atoms with Gasteiger partial charge >= 0.3 is 0 Å². The molecule has 2 aromatic carbocycles. The van der Waals surface area contributed by atoms with Crippen molar-refractivity contribution in [1.29, 1.82) is 0 Å². The summed E-state index contributed by atoms with van der Waals surface area (Å²) in [5, 5.41) is 0. The molecule has 0 atom stereocenters. The molecule has 0 bridgehead atoms. The average molecular weight is 359 g/mol. The molecule has 1 heterocycles. The SMILES string of the molecule is Cc1ccccc1CS(=O)(=O)NCC1(c2ccccc2)CCOCC1. The Labute approximate surface area is 150 Å². The summed E-state index contributed by atoms with van der Waals surface area (Å²) in [5.41, 5.74) is 2.82. The normalized spacial score (nSPS) is 17.3. The summed E-state index contributed by atoms with van der Waals surface area (Å²) in [6, 6.07) is 17.8. The number of ether oxygens (including phenoxy) is 1. The minimum atomic E-state index is -3.39. The van der Waals surface area contributed by atoms with Crippen LogP contribution in [0.5, 0.6) is 0 Å². The molecule has 2 aromatic rings. The van der Waals surface area contributed by atoms with Gasteiger partial charge in [-0.3, -0.25) is 0 Å². The van der Waals surface area contributed by atoms with E-state index >= 15 is 0 Å². The fraction of sp³-hybridized carbons (Fsp3) is 0.400. The zero-order valence-corrected chi connectivity index (χ0v) is 15.4. The van der Waals surface area contributed by atoms with Gasteiger partial charge in [-0.05, 0) is 36.5 Å².